The lowest BCUT2D eigenvalue weighted by Gasteiger charge is -2.34. The van der Waals surface area contributed by atoms with Crippen LogP contribution in [0.4, 0.5) is 16.3 Å². The van der Waals surface area contributed by atoms with Crippen molar-refractivity contribution in [3.63, 3.8) is 0 Å². The van der Waals surface area contributed by atoms with Gasteiger partial charge in [0.15, 0.2) is 5.82 Å². The number of pyridine rings is 1. The minimum Gasteiger partial charge on any atom is -0.352 e. The number of aromatic nitrogens is 3. The van der Waals surface area contributed by atoms with Crippen molar-refractivity contribution in [3.05, 3.63) is 59.9 Å². The Morgan fingerprint density at radius 1 is 1.07 bits per heavy atom. The first-order valence-corrected chi connectivity index (χ1v) is 9.43. The Kier molecular flexibility index (Phi) is 4.97. The maximum atomic E-state index is 12.6. The first kappa shape index (κ1) is 18.0. The first-order chi connectivity index (χ1) is 13.6. The van der Waals surface area contributed by atoms with E-state index in [4.69, 9.17) is 0 Å². The highest BCUT2D eigenvalue weighted by Gasteiger charge is 2.23. The van der Waals surface area contributed by atoms with Crippen LogP contribution in [0.3, 0.4) is 0 Å². The van der Waals surface area contributed by atoms with Gasteiger partial charge in [-0.1, -0.05) is 6.07 Å². The van der Waals surface area contributed by atoms with Crippen LogP contribution in [0.5, 0.6) is 0 Å². The summed E-state index contributed by atoms with van der Waals surface area (Å²) >= 11 is 0. The van der Waals surface area contributed by atoms with Crippen molar-refractivity contribution in [1.82, 2.24) is 20.1 Å². The quantitative estimate of drug-likeness (QED) is 0.734. The average molecular weight is 376 g/mol. The number of hydrogen-bond acceptors (Lipinski definition) is 4. The molecule has 0 aliphatic carbocycles. The molecule has 0 atom stereocenters. The maximum absolute atomic E-state index is 12.6. The third-order valence-corrected chi connectivity index (χ3v) is 4.90. The topological polar surface area (TPSA) is 77.2 Å². The van der Waals surface area contributed by atoms with E-state index in [9.17, 15) is 4.79 Å². The Morgan fingerprint density at radius 2 is 1.82 bits per heavy atom. The molecule has 1 aromatic carbocycles. The molecule has 2 N–H and O–H groups in total. The number of rotatable bonds is 3. The van der Waals surface area contributed by atoms with Gasteiger partial charge in [0.05, 0.1) is 5.69 Å². The second kappa shape index (κ2) is 7.72. The number of carbonyl (C=O) groups excluding carboxylic acids is 1. The summed E-state index contributed by atoms with van der Waals surface area (Å²) in [6, 6.07) is 12.0. The lowest BCUT2D eigenvalue weighted by atomic mass is 10.1. The third-order valence-electron chi connectivity index (χ3n) is 4.90. The summed E-state index contributed by atoms with van der Waals surface area (Å²) in [6.45, 7) is 6.88. The predicted molar refractivity (Wildman–Crippen MR) is 111 cm³/mol. The summed E-state index contributed by atoms with van der Waals surface area (Å²) in [7, 11) is 0. The molecule has 3 aromatic rings. The highest BCUT2D eigenvalue weighted by atomic mass is 16.2. The van der Waals surface area contributed by atoms with Crippen LogP contribution in [0, 0.1) is 13.8 Å². The number of benzene rings is 1. The molecule has 1 aliphatic rings. The average Bonchev–Trinajstić information content (AvgIpc) is 3.18. The highest BCUT2D eigenvalue weighted by molar-refractivity contribution is 5.89. The molecule has 1 fully saturated rings. The Balaban J connectivity index is 1.35. The molecule has 1 saturated heterocycles. The number of nitrogens with zero attached hydrogens (tertiary/aromatic N) is 4. The molecule has 7 heteroatoms. The van der Waals surface area contributed by atoms with Crippen molar-refractivity contribution in [2.24, 2.45) is 0 Å². The van der Waals surface area contributed by atoms with Crippen molar-refractivity contribution in [3.8, 4) is 11.3 Å². The number of aryl methyl sites for hydroxylation is 2. The second-order valence-corrected chi connectivity index (χ2v) is 7.16. The van der Waals surface area contributed by atoms with Gasteiger partial charge in [0, 0.05) is 55.9 Å². The summed E-state index contributed by atoms with van der Waals surface area (Å²) in [5.74, 6) is 0.897. The SMILES string of the molecule is Cc1cc(C)cc(NC(=O)N2CCN(c3cc(-c4cccnc4)[nH]n3)CC2)c1. The van der Waals surface area contributed by atoms with Crippen LogP contribution < -0.4 is 10.2 Å². The van der Waals surface area contributed by atoms with Crippen molar-refractivity contribution in [2.45, 2.75) is 13.8 Å². The van der Waals surface area contributed by atoms with Crippen molar-refractivity contribution < 1.29 is 4.79 Å². The zero-order valence-electron chi connectivity index (χ0n) is 16.1. The summed E-state index contributed by atoms with van der Waals surface area (Å²) < 4.78 is 0. The van der Waals surface area contributed by atoms with Gasteiger partial charge in [-0.15, -0.1) is 0 Å². The van der Waals surface area contributed by atoms with Crippen LogP contribution in [0.15, 0.2) is 48.8 Å². The number of carbonyl (C=O) groups is 1. The van der Waals surface area contributed by atoms with Crippen LogP contribution in [0.25, 0.3) is 11.3 Å². The van der Waals surface area contributed by atoms with E-state index in [1.165, 1.54) is 0 Å². The van der Waals surface area contributed by atoms with Crippen LogP contribution in [-0.4, -0.2) is 52.3 Å². The lowest BCUT2D eigenvalue weighted by Crippen LogP contribution is -2.50. The fourth-order valence-corrected chi connectivity index (χ4v) is 3.53. The van der Waals surface area contributed by atoms with Gasteiger partial charge >= 0.3 is 6.03 Å². The van der Waals surface area contributed by atoms with E-state index in [1.54, 1.807) is 6.20 Å². The normalized spacial score (nSPS) is 14.2. The van der Waals surface area contributed by atoms with E-state index in [-0.39, 0.29) is 6.03 Å². The van der Waals surface area contributed by atoms with Crippen LogP contribution in [0.1, 0.15) is 11.1 Å². The van der Waals surface area contributed by atoms with Crippen LogP contribution in [-0.2, 0) is 0 Å². The van der Waals surface area contributed by atoms with Crippen molar-refractivity contribution in [2.75, 3.05) is 36.4 Å². The third kappa shape index (κ3) is 3.98. The zero-order chi connectivity index (χ0) is 19.5. The molecular weight excluding hydrogens is 352 g/mol. The van der Waals surface area contributed by atoms with Crippen LogP contribution in [0.2, 0.25) is 0 Å². The van der Waals surface area contributed by atoms with Crippen molar-refractivity contribution in [1.29, 1.82) is 0 Å². The molecule has 3 heterocycles. The minimum absolute atomic E-state index is 0.0530. The molecule has 144 valence electrons. The molecular formula is C21H24N6O. The van der Waals surface area contributed by atoms with E-state index in [1.807, 2.05) is 55.3 Å². The lowest BCUT2D eigenvalue weighted by molar-refractivity contribution is 0.208. The molecule has 0 bridgehead atoms. The van der Waals surface area contributed by atoms with E-state index in [0.717, 1.165) is 47.0 Å². The van der Waals surface area contributed by atoms with Gasteiger partial charge in [0.1, 0.15) is 0 Å². The molecule has 28 heavy (non-hydrogen) atoms. The summed E-state index contributed by atoms with van der Waals surface area (Å²) in [6.07, 6.45) is 3.57. The Labute approximate surface area is 164 Å². The van der Waals surface area contributed by atoms with Gasteiger partial charge in [-0.05, 0) is 49.2 Å². The van der Waals surface area contributed by atoms with Gasteiger partial charge in [0.25, 0.3) is 0 Å². The molecule has 0 radical (unpaired) electrons. The molecule has 0 saturated carbocycles. The second-order valence-electron chi connectivity index (χ2n) is 7.16. The first-order valence-electron chi connectivity index (χ1n) is 9.43. The zero-order valence-corrected chi connectivity index (χ0v) is 16.1. The fourth-order valence-electron chi connectivity index (χ4n) is 3.53. The molecule has 2 aromatic heterocycles. The Hall–Kier alpha value is -3.35. The number of H-pyrrole nitrogens is 1. The number of piperazine rings is 1. The number of anilines is 2. The van der Waals surface area contributed by atoms with Gasteiger partial charge < -0.3 is 15.1 Å². The van der Waals surface area contributed by atoms with E-state index >= 15 is 0 Å². The highest BCUT2D eigenvalue weighted by Crippen LogP contribution is 2.22. The molecule has 1 aliphatic heterocycles. The number of amides is 2. The van der Waals surface area contributed by atoms with Crippen LogP contribution >= 0.6 is 0 Å². The Morgan fingerprint density at radius 3 is 2.50 bits per heavy atom. The number of nitrogens with one attached hydrogen (secondary N) is 2. The largest absolute Gasteiger partial charge is 0.352 e. The monoisotopic (exact) mass is 376 g/mol. The molecule has 4 rings (SSSR count). The standard InChI is InChI=1S/C21H24N6O/c1-15-10-16(2)12-18(11-15)23-21(28)27-8-6-26(7-9-27)20-13-19(24-25-20)17-4-3-5-22-14-17/h3-5,10-14H,6-9H2,1-2H3,(H,23,28)(H,24,25). The summed E-state index contributed by atoms with van der Waals surface area (Å²) in [5.41, 5.74) is 5.08. The number of aromatic amines is 1. The molecule has 0 spiro atoms. The fraction of sp³-hybridized carbons (Fsp3) is 0.286. The van der Waals surface area contributed by atoms with Gasteiger partial charge in [-0.2, -0.15) is 5.10 Å². The number of hydrogen-bond donors (Lipinski definition) is 2. The van der Waals surface area contributed by atoms with E-state index in [0.29, 0.717) is 13.1 Å². The van der Waals surface area contributed by atoms with Gasteiger partial charge in [-0.3, -0.25) is 10.1 Å². The van der Waals surface area contributed by atoms with Gasteiger partial charge in [0.2, 0.25) is 0 Å². The van der Waals surface area contributed by atoms with Crippen molar-refractivity contribution >= 4 is 17.5 Å². The molecule has 7 nitrogen and oxygen atoms in total. The van der Waals surface area contributed by atoms with E-state index < -0.39 is 0 Å². The smallest absolute Gasteiger partial charge is 0.321 e. The molecule has 0 unspecified atom stereocenters. The predicted octanol–water partition coefficient (Wildman–Crippen LogP) is 3.44. The van der Waals surface area contributed by atoms with Gasteiger partial charge in [-0.25, -0.2) is 4.79 Å². The minimum atomic E-state index is -0.0530. The maximum Gasteiger partial charge on any atom is 0.321 e. The Bertz CT molecular complexity index is 940. The number of urea groups is 1. The molecule has 2 amide bonds. The summed E-state index contributed by atoms with van der Waals surface area (Å²) in [4.78, 5) is 20.8. The van der Waals surface area contributed by atoms with E-state index in [2.05, 4.69) is 31.5 Å². The summed E-state index contributed by atoms with van der Waals surface area (Å²) in [5, 5.41) is 10.5.